The fourth-order valence-electron chi connectivity index (χ4n) is 3.09. The van der Waals surface area contributed by atoms with E-state index < -0.39 is 53.3 Å². The lowest BCUT2D eigenvalue weighted by molar-refractivity contribution is -0.199. The molecule has 2 aliphatic heterocycles. The summed E-state index contributed by atoms with van der Waals surface area (Å²) in [5, 5.41) is 2.64. The quantitative estimate of drug-likeness (QED) is 0.421. The van der Waals surface area contributed by atoms with Crippen LogP contribution < -0.4 is 16.3 Å². The lowest BCUT2D eigenvalue weighted by atomic mass is 10.1. The molecule has 0 bridgehead atoms. The topological polar surface area (TPSA) is 130 Å². The van der Waals surface area contributed by atoms with Crippen LogP contribution in [0.4, 0.5) is 0 Å². The number of carbonyl (C=O) groups excluding carboxylic acids is 1. The SMILES string of the molecule is COC(=O)CNP(=S)(Cl)OC[C@H]1O[C@@H](n2ccc(=O)[nH]c2=O)[C@@H]2OC(C)(C)O[C@@H]21. The summed E-state index contributed by atoms with van der Waals surface area (Å²) in [6.45, 7) is 3.21. The molecule has 0 aliphatic carbocycles. The average Bonchev–Trinajstić information content (AvgIpc) is 3.11. The van der Waals surface area contributed by atoms with Gasteiger partial charge in [0.25, 0.3) is 5.56 Å². The number of rotatable bonds is 7. The second kappa shape index (κ2) is 8.56. The third kappa shape index (κ3) is 5.33. The number of nitrogens with zero attached hydrogens (tertiary/aromatic N) is 1. The molecule has 5 atom stereocenters. The molecule has 0 radical (unpaired) electrons. The molecule has 162 valence electrons. The van der Waals surface area contributed by atoms with E-state index in [4.69, 9.17) is 41.8 Å². The fraction of sp³-hybridized carbons (Fsp3) is 0.667. The number of nitrogens with one attached hydrogen (secondary N) is 2. The van der Waals surface area contributed by atoms with Crippen LogP contribution in [0.3, 0.4) is 0 Å². The number of fused-ring (bicyclic) bond motifs is 1. The van der Waals surface area contributed by atoms with Crippen LogP contribution in [-0.2, 0) is 40.1 Å². The first-order valence-electron chi connectivity index (χ1n) is 8.60. The van der Waals surface area contributed by atoms with Crippen LogP contribution in [-0.4, -0.2) is 59.9 Å². The Bertz CT molecular complexity index is 937. The van der Waals surface area contributed by atoms with Gasteiger partial charge in [0, 0.05) is 12.3 Å². The number of methoxy groups -OCH3 is 1. The van der Waals surface area contributed by atoms with Crippen molar-refractivity contribution in [2.45, 2.75) is 44.2 Å². The molecule has 1 unspecified atom stereocenters. The largest absolute Gasteiger partial charge is 0.468 e. The van der Waals surface area contributed by atoms with Gasteiger partial charge in [-0.25, -0.2) is 9.88 Å². The van der Waals surface area contributed by atoms with E-state index in [1.165, 1.54) is 23.9 Å². The molecule has 2 N–H and O–H groups in total. The van der Waals surface area contributed by atoms with Crippen molar-refractivity contribution >= 4 is 34.8 Å². The van der Waals surface area contributed by atoms with Gasteiger partial charge in [0.2, 0.25) is 5.77 Å². The average molecular weight is 470 g/mol. The van der Waals surface area contributed by atoms with Gasteiger partial charge in [-0.2, -0.15) is 0 Å². The molecule has 29 heavy (non-hydrogen) atoms. The summed E-state index contributed by atoms with van der Waals surface area (Å²) in [5.41, 5.74) is -1.16. The van der Waals surface area contributed by atoms with Crippen molar-refractivity contribution in [2.75, 3.05) is 20.3 Å². The maximum absolute atomic E-state index is 12.2. The minimum atomic E-state index is -3.03. The molecule has 2 saturated heterocycles. The number of hydrogen-bond acceptors (Lipinski definition) is 9. The first kappa shape index (κ1) is 22.6. The molecule has 0 spiro atoms. The predicted molar refractivity (Wildman–Crippen MR) is 105 cm³/mol. The van der Waals surface area contributed by atoms with Gasteiger partial charge in [-0.15, -0.1) is 0 Å². The molecule has 1 aromatic rings. The lowest BCUT2D eigenvalue weighted by Crippen LogP contribution is -2.37. The predicted octanol–water partition coefficient (Wildman–Crippen LogP) is 0.197. The summed E-state index contributed by atoms with van der Waals surface area (Å²) < 4.78 is 29.1. The van der Waals surface area contributed by atoms with E-state index in [0.29, 0.717) is 0 Å². The summed E-state index contributed by atoms with van der Waals surface area (Å²) in [5.74, 6) is -4.47. The number of hydrogen-bond donors (Lipinski definition) is 2. The van der Waals surface area contributed by atoms with Crippen LogP contribution in [0.2, 0.25) is 0 Å². The highest BCUT2D eigenvalue weighted by Crippen LogP contribution is 2.50. The second-order valence-electron chi connectivity index (χ2n) is 6.83. The molecular weight excluding hydrogens is 449 g/mol. The Morgan fingerprint density at radius 3 is 2.76 bits per heavy atom. The number of aromatic nitrogens is 2. The highest BCUT2D eigenvalue weighted by Gasteiger charge is 2.56. The van der Waals surface area contributed by atoms with Crippen LogP contribution in [0, 0.1) is 0 Å². The first-order chi connectivity index (χ1) is 13.5. The summed E-state index contributed by atoms with van der Waals surface area (Å²) in [6.07, 6.45) is -1.38. The Hall–Kier alpha value is -1.11. The van der Waals surface area contributed by atoms with Crippen LogP contribution in [0.1, 0.15) is 20.1 Å². The van der Waals surface area contributed by atoms with E-state index in [0.717, 1.165) is 0 Å². The van der Waals surface area contributed by atoms with Gasteiger partial charge >= 0.3 is 11.7 Å². The maximum atomic E-state index is 12.2. The maximum Gasteiger partial charge on any atom is 0.330 e. The number of halogens is 1. The molecule has 11 nitrogen and oxygen atoms in total. The van der Waals surface area contributed by atoms with Gasteiger partial charge in [-0.3, -0.25) is 19.1 Å². The molecule has 3 heterocycles. The van der Waals surface area contributed by atoms with Crippen molar-refractivity contribution in [1.29, 1.82) is 0 Å². The third-order valence-electron chi connectivity index (χ3n) is 4.30. The molecule has 3 rings (SSSR count). The standard InChI is InChI=1S/C15H21ClN3O8PS/c1-15(2)26-11-8(7-24-28(16,29)17-6-10(21)23-3)25-13(12(11)27-15)19-5-4-9(20)18-14(19)22/h4-5,8,11-13H,6-7H2,1-3H3,(H,17,29)(H,18,20,22)/t8-,11-,12-,13-,28?/m1/s1. The smallest absolute Gasteiger partial charge is 0.330 e. The molecule has 14 heteroatoms. The van der Waals surface area contributed by atoms with Crippen molar-refractivity contribution in [3.05, 3.63) is 33.1 Å². The minimum absolute atomic E-state index is 0.0653. The van der Waals surface area contributed by atoms with Crippen molar-refractivity contribution in [3.8, 4) is 0 Å². The Labute approximate surface area is 175 Å². The first-order valence-corrected chi connectivity index (χ1v) is 12.2. The van der Waals surface area contributed by atoms with E-state index in [2.05, 4.69) is 14.8 Å². The molecule has 0 saturated carbocycles. The monoisotopic (exact) mass is 469 g/mol. The lowest BCUT2D eigenvalue weighted by Gasteiger charge is -2.25. The number of esters is 1. The van der Waals surface area contributed by atoms with Gasteiger partial charge in [0.1, 0.15) is 24.9 Å². The number of carbonyl (C=O) groups is 1. The zero-order valence-electron chi connectivity index (χ0n) is 15.8. The zero-order valence-corrected chi connectivity index (χ0v) is 18.3. The number of ether oxygens (including phenoxy) is 4. The second-order valence-corrected chi connectivity index (χ2v) is 11.9. The van der Waals surface area contributed by atoms with Gasteiger partial charge in [0.05, 0.1) is 13.7 Å². The van der Waals surface area contributed by atoms with Gasteiger partial charge in [0.15, 0.2) is 12.0 Å². The summed E-state index contributed by atoms with van der Waals surface area (Å²) in [4.78, 5) is 37.0. The third-order valence-corrected chi connectivity index (χ3v) is 6.67. The van der Waals surface area contributed by atoms with E-state index in [9.17, 15) is 14.4 Å². The molecule has 0 aromatic carbocycles. The molecule has 0 amide bonds. The fourth-order valence-corrected chi connectivity index (χ4v) is 4.56. The summed E-state index contributed by atoms with van der Waals surface area (Å²) >= 11 is 11.4. The zero-order chi connectivity index (χ0) is 21.4. The molecule has 1 aromatic heterocycles. The normalized spacial score (nSPS) is 29.9. The van der Waals surface area contributed by atoms with Crippen LogP contribution >= 0.6 is 17.0 Å². The van der Waals surface area contributed by atoms with Crippen molar-refractivity contribution < 1.29 is 28.3 Å². The van der Waals surface area contributed by atoms with Crippen LogP contribution in [0.5, 0.6) is 0 Å². The van der Waals surface area contributed by atoms with Gasteiger partial charge in [-0.1, -0.05) is 0 Å². The minimum Gasteiger partial charge on any atom is -0.468 e. The number of aromatic amines is 1. The summed E-state index contributed by atoms with van der Waals surface area (Å²) in [7, 11) is 1.24. The van der Waals surface area contributed by atoms with Crippen LogP contribution in [0.25, 0.3) is 0 Å². The van der Waals surface area contributed by atoms with Gasteiger partial charge < -0.3 is 23.5 Å². The van der Waals surface area contributed by atoms with Crippen molar-refractivity contribution in [2.24, 2.45) is 0 Å². The Balaban J connectivity index is 1.74. The highest BCUT2D eigenvalue weighted by molar-refractivity contribution is 8.23. The Kier molecular flexibility index (Phi) is 6.66. The number of H-pyrrole nitrogens is 1. The Morgan fingerprint density at radius 2 is 2.10 bits per heavy atom. The van der Waals surface area contributed by atoms with E-state index in [-0.39, 0.29) is 13.2 Å². The van der Waals surface area contributed by atoms with E-state index in [1.807, 2.05) is 0 Å². The molecule has 2 fully saturated rings. The van der Waals surface area contributed by atoms with E-state index in [1.54, 1.807) is 13.8 Å². The van der Waals surface area contributed by atoms with Crippen LogP contribution in [0.15, 0.2) is 21.9 Å². The van der Waals surface area contributed by atoms with Crippen molar-refractivity contribution in [1.82, 2.24) is 14.6 Å². The summed E-state index contributed by atoms with van der Waals surface area (Å²) in [6, 6.07) is 1.21. The van der Waals surface area contributed by atoms with Crippen molar-refractivity contribution in [3.63, 3.8) is 0 Å². The molecular formula is C15H21ClN3O8PS. The van der Waals surface area contributed by atoms with Gasteiger partial charge in [-0.05, 0) is 36.9 Å². The molecule has 2 aliphatic rings. The van der Waals surface area contributed by atoms with E-state index >= 15 is 0 Å². The highest BCUT2D eigenvalue weighted by atomic mass is 35.7. The Morgan fingerprint density at radius 1 is 1.41 bits per heavy atom.